The number of hydrogen-bond acceptors (Lipinski definition) is 5. The lowest BCUT2D eigenvalue weighted by molar-refractivity contribution is -0.119. The summed E-state index contributed by atoms with van der Waals surface area (Å²) >= 11 is 17.0. The zero-order valence-corrected chi connectivity index (χ0v) is 20.9. The quantitative estimate of drug-likeness (QED) is 0.247. The van der Waals surface area contributed by atoms with Crippen molar-refractivity contribution in [2.45, 2.75) is 17.7 Å². The fourth-order valence-corrected chi connectivity index (χ4v) is 4.55. The number of sulfonamides is 1. The van der Waals surface area contributed by atoms with Crippen molar-refractivity contribution in [1.82, 2.24) is 5.32 Å². The average Bonchev–Trinajstić information content (AvgIpc) is 2.78. The molecule has 0 bridgehead atoms. The Balaban J connectivity index is 1.43. The third-order valence-electron chi connectivity index (χ3n) is 4.40. The van der Waals surface area contributed by atoms with Crippen LogP contribution in [0.25, 0.3) is 0 Å². The van der Waals surface area contributed by atoms with Gasteiger partial charge in [0.15, 0.2) is 5.11 Å². The molecule has 0 aliphatic heterocycles. The molecule has 0 heterocycles. The summed E-state index contributed by atoms with van der Waals surface area (Å²) in [6.07, 6.45) is 0.643. The van der Waals surface area contributed by atoms with Crippen molar-refractivity contribution in [1.29, 1.82) is 0 Å². The topological polar surface area (TPSA) is 96.5 Å². The predicted octanol–water partition coefficient (Wildman–Crippen LogP) is 5.47. The molecule has 0 aromatic heterocycles. The van der Waals surface area contributed by atoms with Crippen LogP contribution in [0.5, 0.6) is 5.75 Å². The van der Waals surface area contributed by atoms with E-state index in [1.54, 1.807) is 60.7 Å². The zero-order valence-electron chi connectivity index (χ0n) is 17.8. The molecule has 178 valence electrons. The minimum atomic E-state index is -3.72. The van der Waals surface area contributed by atoms with Crippen LogP contribution >= 0.6 is 35.4 Å². The minimum absolute atomic E-state index is 0.0950. The summed E-state index contributed by atoms with van der Waals surface area (Å²) in [5, 5.41) is 6.44. The maximum atomic E-state index is 12.5. The molecule has 0 aliphatic carbocycles. The second kappa shape index (κ2) is 12.0. The molecule has 3 aromatic rings. The van der Waals surface area contributed by atoms with Gasteiger partial charge in [0, 0.05) is 22.8 Å². The Morgan fingerprint density at radius 1 is 0.941 bits per heavy atom. The van der Waals surface area contributed by atoms with Gasteiger partial charge >= 0.3 is 0 Å². The Labute approximate surface area is 213 Å². The fraction of sp³-hybridized carbons (Fsp3) is 0.130. The van der Waals surface area contributed by atoms with E-state index in [2.05, 4.69) is 15.4 Å². The smallest absolute Gasteiger partial charge is 0.261 e. The molecule has 7 nitrogen and oxygen atoms in total. The number of carbonyl (C=O) groups is 1. The molecule has 3 aromatic carbocycles. The van der Waals surface area contributed by atoms with Crippen molar-refractivity contribution in [2.75, 3.05) is 16.6 Å². The van der Waals surface area contributed by atoms with Crippen LogP contribution in [0.4, 0.5) is 11.4 Å². The van der Waals surface area contributed by atoms with Crippen molar-refractivity contribution in [3.63, 3.8) is 0 Å². The maximum Gasteiger partial charge on any atom is 0.261 e. The number of rotatable bonds is 9. The lowest BCUT2D eigenvalue weighted by Gasteiger charge is -2.12. The van der Waals surface area contributed by atoms with Gasteiger partial charge in [-0.05, 0) is 73.2 Å². The molecule has 3 rings (SSSR count). The summed E-state index contributed by atoms with van der Waals surface area (Å²) in [4.78, 5) is 12.2. The normalized spacial score (nSPS) is 10.9. The van der Waals surface area contributed by atoms with Gasteiger partial charge in [0.2, 0.25) is 5.91 Å². The Kier molecular flexibility index (Phi) is 9.12. The van der Waals surface area contributed by atoms with Crippen LogP contribution in [0.2, 0.25) is 10.0 Å². The largest absolute Gasteiger partial charge is 0.492 e. The highest BCUT2D eigenvalue weighted by molar-refractivity contribution is 7.92. The van der Waals surface area contributed by atoms with Crippen LogP contribution < -0.4 is 20.1 Å². The Morgan fingerprint density at radius 2 is 1.65 bits per heavy atom. The van der Waals surface area contributed by atoms with Gasteiger partial charge in [-0.3, -0.25) is 9.52 Å². The van der Waals surface area contributed by atoms with Gasteiger partial charge in [-0.25, -0.2) is 8.42 Å². The molecule has 0 spiro atoms. The minimum Gasteiger partial charge on any atom is -0.492 e. The van der Waals surface area contributed by atoms with Gasteiger partial charge < -0.3 is 15.4 Å². The highest BCUT2D eigenvalue weighted by Gasteiger charge is 2.14. The van der Waals surface area contributed by atoms with E-state index < -0.39 is 10.0 Å². The van der Waals surface area contributed by atoms with Crippen LogP contribution in [0.15, 0.2) is 77.7 Å². The van der Waals surface area contributed by atoms with Gasteiger partial charge in [-0.1, -0.05) is 41.4 Å². The molecule has 0 saturated carbocycles. The number of halogens is 2. The SMILES string of the molecule is O=C(CCCOc1ccc(Cl)cc1Cl)NC(=S)Nc1ccc(S(=O)(=O)Nc2ccccc2)cc1. The van der Waals surface area contributed by atoms with E-state index in [0.29, 0.717) is 40.2 Å². The number of hydrogen-bond donors (Lipinski definition) is 3. The van der Waals surface area contributed by atoms with E-state index in [1.165, 1.54) is 12.1 Å². The number of nitrogens with one attached hydrogen (secondary N) is 3. The summed E-state index contributed by atoms with van der Waals surface area (Å²) in [5.74, 6) is 0.211. The highest BCUT2D eigenvalue weighted by Crippen LogP contribution is 2.27. The first kappa shape index (κ1) is 25.8. The second-order valence-electron chi connectivity index (χ2n) is 7.02. The molecule has 34 heavy (non-hydrogen) atoms. The van der Waals surface area contributed by atoms with Crippen molar-refractivity contribution in [3.8, 4) is 5.75 Å². The zero-order chi connectivity index (χ0) is 24.6. The average molecular weight is 538 g/mol. The Hall–Kier alpha value is -2.85. The van der Waals surface area contributed by atoms with Crippen LogP contribution in [0, 0.1) is 0 Å². The molecule has 0 radical (unpaired) electrons. The number of para-hydroxylation sites is 1. The van der Waals surface area contributed by atoms with Gasteiger partial charge in [-0.15, -0.1) is 0 Å². The van der Waals surface area contributed by atoms with E-state index in [0.717, 1.165) is 0 Å². The lowest BCUT2D eigenvalue weighted by atomic mass is 10.3. The van der Waals surface area contributed by atoms with Crippen LogP contribution in [-0.4, -0.2) is 26.0 Å². The number of amides is 1. The third kappa shape index (κ3) is 7.88. The Bertz CT molecular complexity index is 1250. The molecule has 3 N–H and O–H groups in total. The molecule has 0 atom stereocenters. The molecule has 0 aliphatic rings. The first-order valence-electron chi connectivity index (χ1n) is 10.1. The predicted molar refractivity (Wildman–Crippen MR) is 139 cm³/mol. The number of thiocarbonyl (C=S) groups is 1. The van der Waals surface area contributed by atoms with E-state index in [4.69, 9.17) is 40.2 Å². The Morgan fingerprint density at radius 3 is 2.32 bits per heavy atom. The van der Waals surface area contributed by atoms with Crippen molar-refractivity contribution in [2.24, 2.45) is 0 Å². The van der Waals surface area contributed by atoms with Gasteiger partial charge in [0.1, 0.15) is 5.75 Å². The van der Waals surface area contributed by atoms with Crippen molar-refractivity contribution >= 4 is 67.8 Å². The fourth-order valence-electron chi connectivity index (χ4n) is 2.80. The summed E-state index contributed by atoms with van der Waals surface area (Å²) in [6, 6.07) is 19.5. The molecule has 0 fully saturated rings. The molecule has 0 unspecified atom stereocenters. The summed E-state index contributed by atoms with van der Waals surface area (Å²) in [5.41, 5.74) is 1.000. The molecule has 11 heteroatoms. The van der Waals surface area contributed by atoms with Crippen molar-refractivity contribution < 1.29 is 17.9 Å². The van der Waals surface area contributed by atoms with Crippen molar-refractivity contribution in [3.05, 3.63) is 82.8 Å². The van der Waals surface area contributed by atoms with Gasteiger partial charge in [0.05, 0.1) is 16.5 Å². The first-order chi connectivity index (χ1) is 16.2. The first-order valence-corrected chi connectivity index (χ1v) is 12.7. The van der Waals surface area contributed by atoms with E-state index in [-0.39, 0.29) is 22.3 Å². The second-order valence-corrected chi connectivity index (χ2v) is 9.96. The van der Waals surface area contributed by atoms with Gasteiger partial charge in [0.25, 0.3) is 10.0 Å². The summed E-state index contributed by atoms with van der Waals surface area (Å²) in [7, 11) is -3.72. The van der Waals surface area contributed by atoms with E-state index in [9.17, 15) is 13.2 Å². The molecule has 0 saturated heterocycles. The standard InChI is InChI=1S/C23H21Cl2N3O4S2/c24-16-8-13-21(20(25)15-16)32-14-4-7-22(29)27-23(33)26-17-9-11-19(12-10-17)34(30,31)28-18-5-2-1-3-6-18/h1-3,5-6,8-13,15,28H,4,7,14H2,(H2,26,27,29,33). The lowest BCUT2D eigenvalue weighted by Crippen LogP contribution is -2.34. The van der Waals surface area contributed by atoms with E-state index >= 15 is 0 Å². The van der Waals surface area contributed by atoms with Crippen LogP contribution in [0.1, 0.15) is 12.8 Å². The summed E-state index contributed by atoms with van der Waals surface area (Å²) < 4.78 is 33.0. The maximum absolute atomic E-state index is 12.5. The molecule has 1 amide bonds. The van der Waals surface area contributed by atoms with Crippen LogP contribution in [0.3, 0.4) is 0 Å². The summed E-state index contributed by atoms with van der Waals surface area (Å²) in [6.45, 7) is 0.294. The third-order valence-corrected chi connectivity index (χ3v) is 6.53. The number of benzene rings is 3. The highest BCUT2D eigenvalue weighted by atomic mass is 35.5. The van der Waals surface area contributed by atoms with Gasteiger partial charge in [-0.2, -0.15) is 0 Å². The number of anilines is 2. The van der Waals surface area contributed by atoms with Crippen LogP contribution in [-0.2, 0) is 14.8 Å². The monoisotopic (exact) mass is 537 g/mol. The number of ether oxygens (including phenoxy) is 1. The van der Waals surface area contributed by atoms with E-state index in [1.807, 2.05) is 0 Å². The molecular formula is C23H21Cl2N3O4S2. The number of carbonyl (C=O) groups excluding carboxylic acids is 1. The molecular weight excluding hydrogens is 517 g/mol.